The van der Waals surface area contributed by atoms with Crippen LogP contribution in [0.25, 0.3) is 0 Å². The van der Waals surface area contributed by atoms with Crippen LogP contribution in [0.5, 0.6) is 0 Å². The SMILES string of the molecule is CC(=Nc1ccc([N+](=O)[O-])cc1C)Nc1ccccc1C. The second-order valence-electron chi connectivity index (χ2n) is 4.87. The van der Waals surface area contributed by atoms with Crippen LogP contribution >= 0.6 is 0 Å². The van der Waals surface area contributed by atoms with Crippen molar-refractivity contribution in [2.24, 2.45) is 4.99 Å². The summed E-state index contributed by atoms with van der Waals surface area (Å²) in [4.78, 5) is 14.8. The molecule has 0 atom stereocenters. The van der Waals surface area contributed by atoms with Crippen LogP contribution in [0.4, 0.5) is 17.1 Å². The van der Waals surface area contributed by atoms with Crippen molar-refractivity contribution in [3.8, 4) is 0 Å². The van der Waals surface area contributed by atoms with Gasteiger partial charge in [-0.3, -0.25) is 10.1 Å². The molecule has 0 aliphatic heterocycles. The number of para-hydroxylation sites is 1. The van der Waals surface area contributed by atoms with E-state index in [4.69, 9.17) is 0 Å². The summed E-state index contributed by atoms with van der Waals surface area (Å²) in [5.74, 6) is 0.737. The minimum atomic E-state index is -0.404. The van der Waals surface area contributed by atoms with Gasteiger partial charge in [0, 0.05) is 17.8 Å². The van der Waals surface area contributed by atoms with E-state index in [0.29, 0.717) is 0 Å². The first-order valence-electron chi connectivity index (χ1n) is 6.60. The Bertz CT molecular complexity index is 708. The van der Waals surface area contributed by atoms with E-state index in [2.05, 4.69) is 10.3 Å². The summed E-state index contributed by atoms with van der Waals surface area (Å²) < 4.78 is 0. The number of nitrogens with zero attached hydrogens (tertiary/aromatic N) is 2. The Kier molecular flexibility index (Phi) is 4.33. The van der Waals surface area contributed by atoms with Crippen LogP contribution in [0.1, 0.15) is 18.1 Å². The molecule has 0 spiro atoms. The Morgan fingerprint density at radius 2 is 1.86 bits per heavy atom. The molecule has 0 aliphatic rings. The van der Waals surface area contributed by atoms with Gasteiger partial charge in [0.2, 0.25) is 0 Å². The van der Waals surface area contributed by atoms with E-state index in [-0.39, 0.29) is 5.69 Å². The third-order valence-corrected chi connectivity index (χ3v) is 3.14. The summed E-state index contributed by atoms with van der Waals surface area (Å²) in [6.45, 7) is 5.70. The maximum Gasteiger partial charge on any atom is 0.269 e. The molecule has 21 heavy (non-hydrogen) atoms. The van der Waals surface area contributed by atoms with Gasteiger partial charge < -0.3 is 5.32 Å². The molecule has 0 saturated carbocycles. The molecule has 0 aromatic heterocycles. The second-order valence-corrected chi connectivity index (χ2v) is 4.87. The summed E-state index contributed by atoms with van der Waals surface area (Å²) in [5, 5.41) is 14.0. The van der Waals surface area contributed by atoms with E-state index in [1.807, 2.05) is 45.0 Å². The monoisotopic (exact) mass is 283 g/mol. The average molecular weight is 283 g/mol. The standard InChI is InChI=1S/C16H17N3O2/c1-11-6-4-5-7-15(11)17-13(3)18-16-9-8-14(19(20)21)10-12(16)2/h4-10H,1-3H3,(H,17,18). The Morgan fingerprint density at radius 1 is 1.14 bits per heavy atom. The summed E-state index contributed by atoms with van der Waals surface area (Å²) in [7, 11) is 0. The van der Waals surface area contributed by atoms with Gasteiger partial charge in [0.1, 0.15) is 5.84 Å². The molecule has 0 bridgehead atoms. The van der Waals surface area contributed by atoms with E-state index in [0.717, 1.165) is 28.3 Å². The maximum absolute atomic E-state index is 10.7. The molecule has 0 radical (unpaired) electrons. The topological polar surface area (TPSA) is 67.5 Å². The molecule has 108 valence electrons. The fraction of sp³-hybridized carbons (Fsp3) is 0.188. The van der Waals surface area contributed by atoms with Crippen LogP contribution in [-0.4, -0.2) is 10.8 Å². The van der Waals surface area contributed by atoms with Gasteiger partial charge in [0.15, 0.2) is 0 Å². The number of nitro groups is 1. The molecule has 0 unspecified atom stereocenters. The largest absolute Gasteiger partial charge is 0.344 e. The van der Waals surface area contributed by atoms with E-state index in [1.54, 1.807) is 6.07 Å². The first-order valence-corrected chi connectivity index (χ1v) is 6.60. The van der Waals surface area contributed by atoms with Gasteiger partial charge in [-0.05, 0) is 44.0 Å². The smallest absolute Gasteiger partial charge is 0.269 e. The number of aliphatic imine (C=N–C) groups is 1. The third kappa shape index (κ3) is 3.66. The molecule has 0 fully saturated rings. The van der Waals surface area contributed by atoms with Gasteiger partial charge in [-0.1, -0.05) is 18.2 Å². The molecular weight excluding hydrogens is 266 g/mol. The number of hydrogen-bond donors (Lipinski definition) is 1. The molecule has 2 rings (SSSR count). The highest BCUT2D eigenvalue weighted by molar-refractivity contribution is 5.96. The molecular formula is C16H17N3O2. The van der Waals surface area contributed by atoms with Crippen molar-refractivity contribution in [3.05, 3.63) is 63.7 Å². The van der Waals surface area contributed by atoms with E-state index in [9.17, 15) is 10.1 Å². The molecule has 2 aromatic rings. The molecule has 5 heteroatoms. The van der Waals surface area contributed by atoms with Gasteiger partial charge in [-0.15, -0.1) is 0 Å². The molecule has 0 aliphatic carbocycles. The summed E-state index contributed by atoms with van der Waals surface area (Å²) in [6, 6.07) is 12.6. The zero-order valence-corrected chi connectivity index (χ0v) is 12.3. The number of amidine groups is 1. The Hall–Kier alpha value is -2.69. The van der Waals surface area contributed by atoms with Crippen LogP contribution in [-0.2, 0) is 0 Å². The fourth-order valence-corrected chi connectivity index (χ4v) is 2.00. The summed E-state index contributed by atoms with van der Waals surface area (Å²) in [6.07, 6.45) is 0. The lowest BCUT2D eigenvalue weighted by Gasteiger charge is -2.09. The quantitative estimate of drug-likeness (QED) is 0.393. The number of hydrogen-bond acceptors (Lipinski definition) is 3. The molecule has 2 aromatic carbocycles. The Labute approximate surface area is 123 Å². The lowest BCUT2D eigenvalue weighted by Crippen LogP contribution is -2.07. The third-order valence-electron chi connectivity index (χ3n) is 3.14. The first kappa shape index (κ1) is 14.7. The number of anilines is 1. The van der Waals surface area contributed by atoms with Crippen molar-refractivity contribution in [2.45, 2.75) is 20.8 Å². The Balaban J connectivity index is 2.23. The number of aryl methyl sites for hydroxylation is 2. The van der Waals surface area contributed by atoms with E-state index < -0.39 is 4.92 Å². The van der Waals surface area contributed by atoms with Gasteiger partial charge in [0.05, 0.1) is 10.6 Å². The minimum absolute atomic E-state index is 0.0796. The average Bonchev–Trinajstić information content (AvgIpc) is 2.43. The van der Waals surface area contributed by atoms with Crippen molar-refractivity contribution in [1.29, 1.82) is 0 Å². The van der Waals surface area contributed by atoms with Crippen LogP contribution in [0.3, 0.4) is 0 Å². The number of nitrogens with one attached hydrogen (secondary N) is 1. The molecule has 1 N–H and O–H groups in total. The predicted octanol–water partition coefficient (Wildman–Crippen LogP) is 4.37. The molecule has 0 saturated heterocycles. The van der Waals surface area contributed by atoms with Crippen molar-refractivity contribution < 1.29 is 4.92 Å². The highest BCUT2D eigenvalue weighted by Crippen LogP contribution is 2.24. The van der Waals surface area contributed by atoms with Gasteiger partial charge in [-0.25, -0.2) is 4.99 Å². The number of benzene rings is 2. The maximum atomic E-state index is 10.7. The zero-order valence-electron chi connectivity index (χ0n) is 12.3. The van der Waals surface area contributed by atoms with Gasteiger partial charge in [0.25, 0.3) is 5.69 Å². The minimum Gasteiger partial charge on any atom is -0.344 e. The van der Waals surface area contributed by atoms with Gasteiger partial charge in [-0.2, -0.15) is 0 Å². The predicted molar refractivity (Wildman–Crippen MR) is 85.4 cm³/mol. The van der Waals surface area contributed by atoms with Crippen LogP contribution < -0.4 is 5.32 Å². The van der Waals surface area contributed by atoms with Crippen molar-refractivity contribution in [2.75, 3.05) is 5.32 Å². The first-order chi connectivity index (χ1) is 9.97. The molecule has 0 heterocycles. The van der Waals surface area contributed by atoms with Crippen molar-refractivity contribution in [1.82, 2.24) is 0 Å². The lowest BCUT2D eigenvalue weighted by atomic mass is 10.2. The highest BCUT2D eigenvalue weighted by Gasteiger charge is 2.07. The Morgan fingerprint density at radius 3 is 2.48 bits per heavy atom. The fourth-order valence-electron chi connectivity index (χ4n) is 2.00. The zero-order chi connectivity index (χ0) is 15.4. The lowest BCUT2D eigenvalue weighted by molar-refractivity contribution is -0.384. The number of non-ortho nitro benzene ring substituents is 1. The van der Waals surface area contributed by atoms with Crippen molar-refractivity contribution in [3.63, 3.8) is 0 Å². The van der Waals surface area contributed by atoms with Crippen LogP contribution in [0.15, 0.2) is 47.5 Å². The molecule has 0 amide bonds. The highest BCUT2D eigenvalue weighted by atomic mass is 16.6. The van der Waals surface area contributed by atoms with Crippen LogP contribution in [0, 0.1) is 24.0 Å². The van der Waals surface area contributed by atoms with Crippen LogP contribution in [0.2, 0.25) is 0 Å². The normalized spacial score (nSPS) is 11.3. The summed E-state index contributed by atoms with van der Waals surface area (Å²) >= 11 is 0. The van der Waals surface area contributed by atoms with E-state index in [1.165, 1.54) is 12.1 Å². The number of nitro benzene ring substituents is 1. The van der Waals surface area contributed by atoms with Gasteiger partial charge >= 0.3 is 0 Å². The summed E-state index contributed by atoms with van der Waals surface area (Å²) in [5.41, 5.74) is 3.70. The van der Waals surface area contributed by atoms with E-state index >= 15 is 0 Å². The molecule has 5 nitrogen and oxygen atoms in total. The number of rotatable bonds is 3. The van der Waals surface area contributed by atoms with Crippen molar-refractivity contribution >= 4 is 22.9 Å². The second kappa shape index (κ2) is 6.17.